The Morgan fingerprint density at radius 2 is 1.46 bits per heavy atom. The van der Waals surface area contributed by atoms with E-state index in [0.717, 1.165) is 44.3 Å². The Hall–Kier alpha value is -3.26. The van der Waals surface area contributed by atoms with E-state index in [1.807, 2.05) is 42.6 Å². The molecule has 0 aliphatic heterocycles. The van der Waals surface area contributed by atoms with E-state index < -0.39 is 0 Å². The van der Waals surface area contributed by atoms with E-state index in [4.69, 9.17) is 0 Å². The molecule has 2 heteroatoms. The molecule has 0 saturated heterocycles. The lowest BCUT2D eigenvalue weighted by Crippen LogP contribution is -1.95. The number of aromatic nitrogens is 1. The minimum absolute atomic E-state index is 0.113. The molecule has 4 aromatic rings. The molecule has 26 heavy (non-hydrogen) atoms. The summed E-state index contributed by atoms with van der Waals surface area (Å²) in [7, 11) is 0. The summed E-state index contributed by atoms with van der Waals surface area (Å²) in [5.74, 6) is 0.113. The highest BCUT2D eigenvalue weighted by molar-refractivity contribution is 6.23. The van der Waals surface area contributed by atoms with Crippen molar-refractivity contribution < 1.29 is 4.79 Å². The van der Waals surface area contributed by atoms with E-state index in [1.165, 1.54) is 11.1 Å². The van der Waals surface area contributed by atoms with Gasteiger partial charge in [-0.25, -0.2) is 0 Å². The van der Waals surface area contributed by atoms with E-state index >= 15 is 0 Å². The van der Waals surface area contributed by atoms with Crippen LogP contribution in [-0.2, 0) is 0 Å². The van der Waals surface area contributed by atoms with Crippen LogP contribution in [0, 0.1) is 13.8 Å². The highest BCUT2D eigenvalue weighted by Gasteiger charge is 2.27. The topological polar surface area (TPSA) is 30.0 Å². The maximum absolute atomic E-state index is 12.8. The van der Waals surface area contributed by atoms with E-state index in [0.29, 0.717) is 0 Å². The Morgan fingerprint density at radius 3 is 2.23 bits per heavy atom. The summed E-state index contributed by atoms with van der Waals surface area (Å²) in [6, 6.07) is 20.5. The molecule has 2 nitrogen and oxygen atoms in total. The number of rotatable bonds is 1. The molecule has 3 aromatic carbocycles. The molecule has 0 spiro atoms. The molecule has 0 atom stereocenters. The number of carbonyl (C=O) groups is 1. The largest absolute Gasteiger partial charge is 0.289 e. The number of hydrogen-bond acceptors (Lipinski definition) is 2. The number of nitrogens with zero attached hydrogens (tertiary/aromatic N) is 1. The maximum atomic E-state index is 12.8. The van der Waals surface area contributed by atoms with Crippen LogP contribution in [0.4, 0.5) is 0 Å². The van der Waals surface area contributed by atoms with Crippen LogP contribution in [0.15, 0.2) is 66.9 Å². The Balaban J connectivity index is 1.83. The number of aryl methyl sites for hydroxylation is 2. The van der Waals surface area contributed by atoms with E-state index in [-0.39, 0.29) is 5.78 Å². The lowest BCUT2D eigenvalue weighted by molar-refractivity contribution is 0.104. The van der Waals surface area contributed by atoms with Crippen molar-refractivity contribution in [1.29, 1.82) is 0 Å². The fourth-order valence-corrected chi connectivity index (χ4v) is 4.03. The van der Waals surface area contributed by atoms with Crippen LogP contribution < -0.4 is 0 Å². The normalized spacial score (nSPS) is 12.3. The van der Waals surface area contributed by atoms with Gasteiger partial charge in [-0.3, -0.25) is 9.78 Å². The van der Waals surface area contributed by atoms with Gasteiger partial charge in [-0.2, -0.15) is 0 Å². The first-order chi connectivity index (χ1) is 12.6. The van der Waals surface area contributed by atoms with Gasteiger partial charge in [-0.15, -0.1) is 0 Å². The number of carbonyl (C=O) groups excluding carboxylic acids is 1. The molecule has 0 radical (unpaired) electrons. The van der Waals surface area contributed by atoms with Gasteiger partial charge in [-0.1, -0.05) is 41.5 Å². The third-order valence-electron chi connectivity index (χ3n) is 5.10. The van der Waals surface area contributed by atoms with E-state index in [1.54, 1.807) is 0 Å². The summed E-state index contributed by atoms with van der Waals surface area (Å²) in [6.45, 7) is 4.21. The highest BCUT2D eigenvalue weighted by atomic mass is 16.1. The van der Waals surface area contributed by atoms with Crippen LogP contribution >= 0.6 is 0 Å². The predicted molar refractivity (Wildman–Crippen MR) is 106 cm³/mol. The number of benzene rings is 3. The monoisotopic (exact) mass is 335 g/mol. The number of hydrogen-bond donors (Lipinski definition) is 0. The first-order valence-electron chi connectivity index (χ1n) is 8.77. The smallest absolute Gasteiger partial charge is 0.194 e. The number of fused-ring (bicyclic) bond motifs is 4. The minimum atomic E-state index is 0.113. The van der Waals surface area contributed by atoms with Gasteiger partial charge in [0.1, 0.15) is 0 Å². The van der Waals surface area contributed by atoms with Crippen LogP contribution in [0.25, 0.3) is 33.2 Å². The van der Waals surface area contributed by atoms with Gasteiger partial charge >= 0.3 is 0 Å². The minimum Gasteiger partial charge on any atom is -0.289 e. The van der Waals surface area contributed by atoms with Crippen molar-refractivity contribution in [2.45, 2.75) is 13.8 Å². The van der Waals surface area contributed by atoms with Crippen LogP contribution in [0.3, 0.4) is 0 Å². The Morgan fingerprint density at radius 1 is 0.731 bits per heavy atom. The van der Waals surface area contributed by atoms with Crippen LogP contribution in [0.5, 0.6) is 0 Å². The lowest BCUT2D eigenvalue weighted by Gasteiger charge is -2.10. The zero-order chi connectivity index (χ0) is 17.8. The van der Waals surface area contributed by atoms with Crippen molar-refractivity contribution in [2.24, 2.45) is 0 Å². The van der Waals surface area contributed by atoms with Crippen LogP contribution in [0.2, 0.25) is 0 Å². The zero-order valence-corrected chi connectivity index (χ0v) is 14.7. The summed E-state index contributed by atoms with van der Waals surface area (Å²) < 4.78 is 0. The van der Waals surface area contributed by atoms with E-state index in [2.05, 4.69) is 43.1 Å². The first-order valence-corrected chi connectivity index (χ1v) is 8.77. The molecule has 1 aliphatic rings. The number of ketones is 1. The molecule has 1 heterocycles. The molecule has 0 N–H and O–H groups in total. The molecule has 1 aliphatic carbocycles. The fraction of sp³-hybridized carbons (Fsp3) is 0.0833. The quantitative estimate of drug-likeness (QED) is 0.391. The van der Waals surface area contributed by atoms with E-state index in [9.17, 15) is 4.79 Å². The molecule has 1 aromatic heterocycles. The van der Waals surface area contributed by atoms with Crippen LogP contribution in [0.1, 0.15) is 27.0 Å². The molecule has 0 saturated carbocycles. The molecule has 0 amide bonds. The Labute approximate surface area is 152 Å². The molecular weight excluding hydrogens is 318 g/mol. The Kier molecular flexibility index (Phi) is 3.10. The van der Waals surface area contributed by atoms with Gasteiger partial charge in [-0.05, 0) is 60.7 Å². The van der Waals surface area contributed by atoms with Crippen molar-refractivity contribution in [3.8, 4) is 22.4 Å². The van der Waals surface area contributed by atoms with Gasteiger partial charge in [0.15, 0.2) is 5.78 Å². The van der Waals surface area contributed by atoms with Crippen molar-refractivity contribution in [1.82, 2.24) is 4.98 Å². The van der Waals surface area contributed by atoms with Gasteiger partial charge in [0.05, 0.1) is 5.69 Å². The van der Waals surface area contributed by atoms with Crippen molar-refractivity contribution in [3.05, 3.63) is 89.1 Å². The highest BCUT2D eigenvalue weighted by Crippen LogP contribution is 2.40. The van der Waals surface area contributed by atoms with Gasteiger partial charge in [0.2, 0.25) is 0 Å². The maximum Gasteiger partial charge on any atom is 0.194 e. The van der Waals surface area contributed by atoms with Gasteiger partial charge in [0, 0.05) is 28.3 Å². The second kappa shape index (κ2) is 5.37. The second-order valence-corrected chi connectivity index (χ2v) is 7.03. The second-order valence-electron chi connectivity index (χ2n) is 7.03. The predicted octanol–water partition coefficient (Wildman–Crippen LogP) is 5.73. The van der Waals surface area contributed by atoms with Crippen molar-refractivity contribution in [3.63, 3.8) is 0 Å². The summed E-state index contributed by atoms with van der Waals surface area (Å²) in [5.41, 5.74) is 8.14. The van der Waals surface area contributed by atoms with Gasteiger partial charge < -0.3 is 0 Å². The van der Waals surface area contributed by atoms with Crippen molar-refractivity contribution >= 4 is 16.6 Å². The molecule has 0 bridgehead atoms. The summed E-state index contributed by atoms with van der Waals surface area (Å²) in [4.78, 5) is 17.4. The third kappa shape index (κ3) is 2.12. The Bertz CT molecular complexity index is 1200. The average molecular weight is 335 g/mol. The van der Waals surface area contributed by atoms with Crippen LogP contribution in [-0.4, -0.2) is 10.8 Å². The summed E-state index contributed by atoms with van der Waals surface area (Å²) >= 11 is 0. The molecule has 0 fully saturated rings. The third-order valence-corrected chi connectivity index (χ3v) is 5.10. The average Bonchev–Trinajstić information content (AvgIpc) is 2.91. The summed E-state index contributed by atoms with van der Waals surface area (Å²) in [5, 5.41) is 2.13. The molecule has 0 unspecified atom stereocenters. The summed E-state index contributed by atoms with van der Waals surface area (Å²) in [6.07, 6.45) is 1.83. The standard InChI is InChI=1S/C24H17NO/c1-14-9-15(2)11-17(10-14)23-20-13-21-18-5-3-4-6-19(18)24(26)22(21)12-16(20)7-8-25-23/h3-13H,1-2H3. The first kappa shape index (κ1) is 15.0. The number of pyridine rings is 1. The van der Waals surface area contributed by atoms with Gasteiger partial charge in [0.25, 0.3) is 0 Å². The SMILES string of the molecule is Cc1cc(C)cc(-c2nccc3cc4c(cc23)-c2ccccc2C4=O)c1. The van der Waals surface area contributed by atoms with Crippen molar-refractivity contribution in [2.75, 3.05) is 0 Å². The molecule has 5 rings (SSSR count). The molecule has 124 valence electrons. The zero-order valence-electron chi connectivity index (χ0n) is 14.7. The fourth-order valence-electron chi connectivity index (χ4n) is 4.03. The molecular formula is C24H17NO. The lowest BCUT2D eigenvalue weighted by atomic mass is 9.96.